The van der Waals surface area contributed by atoms with Crippen LogP contribution in [-0.4, -0.2) is 59.1 Å². The highest BCUT2D eigenvalue weighted by atomic mass is 35.5. The summed E-state index contributed by atoms with van der Waals surface area (Å²) in [5.74, 6) is -1.87. The lowest BCUT2D eigenvalue weighted by Gasteiger charge is -2.11. The Labute approximate surface area is 582 Å². The zero-order chi connectivity index (χ0) is 73.2. The van der Waals surface area contributed by atoms with Crippen LogP contribution < -0.4 is 59.2 Å². The fraction of sp³-hybridized carbons (Fsp3) is 0.0676. The molecule has 0 aliphatic rings. The molecule has 12 aromatic rings. The number of hydrogen-bond acceptors (Lipinski definition) is 11. The van der Waals surface area contributed by atoms with Crippen molar-refractivity contribution < 1.29 is 50.2 Å². The Bertz CT molecular complexity index is 5310. The summed E-state index contributed by atoms with van der Waals surface area (Å²) in [7, 11) is 0. The number of nitrogens with one attached hydrogen (secondary N) is 6. The smallest absolute Gasteiger partial charge is 0.406 e. The van der Waals surface area contributed by atoms with Crippen LogP contribution in [-0.2, 0) is 0 Å². The van der Waals surface area contributed by atoms with Crippen molar-refractivity contribution in [1.29, 1.82) is 0 Å². The Hall–Kier alpha value is -12.8. The zero-order valence-corrected chi connectivity index (χ0v) is 54.8. The number of H-pyrrole nitrogens is 3. The van der Waals surface area contributed by atoms with Gasteiger partial charge in [-0.25, -0.2) is 14.4 Å². The Balaban J connectivity index is 0.000000165. The van der Waals surface area contributed by atoms with Crippen molar-refractivity contribution in [1.82, 2.24) is 28.7 Å². The number of benzene rings is 9. The fourth-order valence-corrected chi connectivity index (χ4v) is 10.2. The van der Waals surface area contributed by atoms with Gasteiger partial charge in [-0.15, -0.1) is 26.3 Å². The molecule has 0 fully saturated rings. The highest BCUT2D eigenvalue weighted by Crippen LogP contribution is 2.32. The van der Waals surface area contributed by atoms with Gasteiger partial charge in [0.05, 0.1) is 17.1 Å². The zero-order valence-electron chi connectivity index (χ0n) is 53.3. The topological polar surface area (TPSA) is 270 Å². The van der Waals surface area contributed by atoms with Crippen molar-refractivity contribution in [2.24, 2.45) is 0 Å². The maximum absolute atomic E-state index is 12.8. The monoisotopic (exact) mass is 1430 g/mol. The first-order chi connectivity index (χ1) is 48.5. The average molecular weight is 1430 g/mol. The molecule has 0 aliphatic heterocycles. The quantitative estimate of drug-likeness (QED) is 0.0557. The van der Waals surface area contributed by atoms with Gasteiger partial charge >= 0.3 is 29.8 Å². The molecular formula is C74H53Cl2F6N9O11. The van der Waals surface area contributed by atoms with Crippen LogP contribution in [0.4, 0.5) is 43.4 Å². The number of aromatic nitrogens is 6. The second-order valence-corrected chi connectivity index (χ2v) is 23.2. The number of nitrogens with zero attached hydrogens (tertiary/aromatic N) is 3. The van der Waals surface area contributed by atoms with E-state index in [2.05, 4.69) is 40.4 Å². The summed E-state index contributed by atoms with van der Waals surface area (Å²) in [6.07, 6.45) is -5.52. The lowest BCUT2D eigenvalue weighted by molar-refractivity contribution is -0.275. The van der Waals surface area contributed by atoms with Crippen LogP contribution in [0.5, 0.6) is 11.5 Å². The second-order valence-electron chi connectivity index (χ2n) is 22.3. The number of aryl methyl sites for hydroxylation is 3. The number of hydrogen-bond donors (Lipinski definition) is 6. The molecule has 0 aliphatic carbocycles. The SMILES string of the molecule is Cc1ccc(-c2cccc(C(=O)Nc3ccc(-n4cc(C)c(=O)[nH]c4=O)cc3)c2)cc1Cl.Cc1cn(-c2ccc(NC(=O)c3cccc(-c4cccc(OC(F)(F)F)c4)c3)cc2)c(=O)[nH]c1=O.O=C(Nc1ccc(-n2cc(Cl)c(=O)[nH]c2=O)cc1)c1cccc(-c2cccc(OC(F)(F)F)c2)c1. The van der Waals surface area contributed by atoms with Crippen molar-refractivity contribution in [2.75, 3.05) is 16.0 Å². The molecule has 3 aromatic heterocycles. The van der Waals surface area contributed by atoms with E-state index in [-0.39, 0.29) is 28.0 Å². The standard InChI is InChI=1S/C25H20ClN3O3.C25H18F3N3O4.C24H15ClF3N3O4/c1-15-6-7-18(13-22(15)26)17-4-3-5-19(12-17)24(31)27-20-8-10-21(11-9-20)29-14-16(2)23(30)28-25(29)32;1-15-14-31(24(34)30-22(15)32)20-10-8-19(9-11-20)29-23(33)18-6-2-4-16(12-18)17-5-3-7-21(13-17)35-25(26,27)28;25-20-13-31(23(34)30-22(20)33)18-9-7-17(8-10-18)29-21(32)16-5-1-3-14(11-16)15-4-2-6-19(12-15)35-24(26,27)28/h3-14H,1-2H3,(H,27,31)(H,28,30,32);2-14H,1H3,(H,29,33)(H,30,32,34);1-13H,(H,29,32)(H,30,33,34). The van der Waals surface area contributed by atoms with Crippen molar-refractivity contribution in [3.8, 4) is 61.9 Å². The summed E-state index contributed by atoms with van der Waals surface area (Å²) in [5, 5.41) is 8.83. The van der Waals surface area contributed by atoms with Gasteiger partial charge in [-0.1, -0.05) is 96.0 Å². The average Bonchev–Trinajstić information content (AvgIpc) is 0.806. The summed E-state index contributed by atoms with van der Waals surface area (Å²) < 4.78 is 86.8. The Morgan fingerprint density at radius 3 is 0.990 bits per heavy atom. The highest BCUT2D eigenvalue weighted by Gasteiger charge is 2.32. The van der Waals surface area contributed by atoms with Crippen molar-refractivity contribution in [2.45, 2.75) is 33.5 Å². The van der Waals surface area contributed by atoms with Crippen LogP contribution in [0.2, 0.25) is 10.0 Å². The summed E-state index contributed by atoms with van der Waals surface area (Å²) in [4.78, 5) is 116. The molecule has 3 amide bonds. The molecule has 0 radical (unpaired) electrons. The third-order valence-corrected chi connectivity index (χ3v) is 15.7. The maximum atomic E-state index is 12.8. The molecule has 102 heavy (non-hydrogen) atoms. The lowest BCUT2D eigenvalue weighted by atomic mass is 10.0. The molecule has 0 atom stereocenters. The number of aromatic amines is 3. The van der Waals surface area contributed by atoms with Crippen LogP contribution >= 0.6 is 23.2 Å². The van der Waals surface area contributed by atoms with E-state index < -0.39 is 58.3 Å². The fourth-order valence-electron chi connectivity index (χ4n) is 9.92. The van der Waals surface area contributed by atoms with Gasteiger partial charge < -0.3 is 25.4 Å². The van der Waals surface area contributed by atoms with Crippen LogP contribution in [0.3, 0.4) is 0 Å². The first-order valence-electron chi connectivity index (χ1n) is 30.2. The predicted molar refractivity (Wildman–Crippen MR) is 375 cm³/mol. The molecule has 0 unspecified atom stereocenters. The molecule has 3 heterocycles. The number of anilines is 3. The van der Waals surface area contributed by atoms with Gasteiger partial charge in [0.2, 0.25) is 0 Å². The first-order valence-corrected chi connectivity index (χ1v) is 31.0. The van der Waals surface area contributed by atoms with Gasteiger partial charge in [0.25, 0.3) is 34.4 Å². The minimum atomic E-state index is -4.81. The molecule has 0 saturated heterocycles. The van der Waals surface area contributed by atoms with E-state index in [0.717, 1.165) is 21.3 Å². The van der Waals surface area contributed by atoms with E-state index >= 15 is 0 Å². The normalized spacial score (nSPS) is 11.0. The summed E-state index contributed by atoms with van der Waals surface area (Å²) >= 11 is 12.0. The third-order valence-electron chi connectivity index (χ3n) is 15.0. The predicted octanol–water partition coefficient (Wildman–Crippen LogP) is 14.4. The number of rotatable bonds is 14. The molecule has 20 nitrogen and oxygen atoms in total. The molecule has 0 bridgehead atoms. The van der Waals surface area contributed by atoms with Gasteiger partial charge in [0.1, 0.15) is 16.5 Å². The number of halogens is 8. The molecule has 28 heteroatoms. The van der Waals surface area contributed by atoms with Crippen LogP contribution in [0.1, 0.15) is 47.8 Å². The van der Waals surface area contributed by atoms with Gasteiger partial charge in [-0.3, -0.25) is 57.4 Å². The molecule has 0 spiro atoms. The Morgan fingerprint density at radius 2 is 0.657 bits per heavy atom. The van der Waals surface area contributed by atoms with Gasteiger partial charge in [-0.05, 0) is 199 Å². The van der Waals surface area contributed by atoms with E-state index in [9.17, 15) is 69.5 Å². The Morgan fingerprint density at radius 1 is 0.353 bits per heavy atom. The second kappa shape index (κ2) is 30.9. The largest absolute Gasteiger partial charge is 0.573 e. The minimum absolute atomic E-state index is 0.155. The number of carbonyl (C=O) groups is 3. The lowest BCUT2D eigenvalue weighted by Crippen LogP contribution is -2.29. The number of amides is 3. The Kier molecular flexibility index (Phi) is 21.8. The van der Waals surface area contributed by atoms with Gasteiger partial charge in [-0.2, -0.15) is 0 Å². The molecule has 9 aromatic carbocycles. The van der Waals surface area contributed by atoms with E-state index in [1.54, 1.807) is 147 Å². The maximum Gasteiger partial charge on any atom is 0.573 e. The van der Waals surface area contributed by atoms with E-state index in [1.807, 2.05) is 43.3 Å². The van der Waals surface area contributed by atoms with Gasteiger partial charge in [0.15, 0.2) is 0 Å². The highest BCUT2D eigenvalue weighted by molar-refractivity contribution is 6.31. The molecule has 516 valence electrons. The van der Waals surface area contributed by atoms with E-state index in [1.165, 1.54) is 70.2 Å². The van der Waals surface area contributed by atoms with Crippen molar-refractivity contribution in [3.63, 3.8) is 0 Å². The van der Waals surface area contributed by atoms with E-state index in [0.29, 0.717) is 83.7 Å². The first kappa shape index (κ1) is 71.9. The molecule has 6 N–H and O–H groups in total. The molecule has 12 rings (SSSR count). The number of ether oxygens (including phenoxy) is 2. The van der Waals surface area contributed by atoms with Crippen molar-refractivity contribution >= 4 is 58.0 Å². The summed E-state index contributed by atoms with van der Waals surface area (Å²) in [6, 6.07) is 56.2. The van der Waals surface area contributed by atoms with Crippen LogP contribution in [0, 0.1) is 20.8 Å². The van der Waals surface area contributed by atoms with Gasteiger partial charge in [0, 0.05) is 68.5 Å². The number of carbonyl (C=O) groups excluding carboxylic acids is 3. The number of alkyl halides is 6. The summed E-state index contributed by atoms with van der Waals surface area (Å²) in [6.45, 7) is 5.15. The molecule has 0 saturated carbocycles. The summed E-state index contributed by atoms with van der Waals surface area (Å²) in [5.41, 5.74) is 6.24. The minimum Gasteiger partial charge on any atom is -0.406 e. The van der Waals surface area contributed by atoms with Crippen LogP contribution in [0.15, 0.2) is 260 Å². The van der Waals surface area contributed by atoms with Crippen LogP contribution in [0.25, 0.3) is 50.4 Å². The molecular weight excluding hydrogens is 1380 g/mol. The van der Waals surface area contributed by atoms with Crippen molar-refractivity contribution in [3.05, 3.63) is 337 Å². The van der Waals surface area contributed by atoms with E-state index in [4.69, 9.17) is 23.2 Å². The third kappa shape index (κ3) is 18.7.